The highest BCUT2D eigenvalue weighted by atomic mass is 32.1. The number of amides is 1. The van der Waals surface area contributed by atoms with Crippen molar-refractivity contribution in [1.82, 2.24) is 9.88 Å². The quantitative estimate of drug-likeness (QED) is 0.544. The molecule has 1 aliphatic heterocycles. The Hall–Kier alpha value is -3.28. The summed E-state index contributed by atoms with van der Waals surface area (Å²) in [6.45, 7) is 0.224. The summed E-state index contributed by atoms with van der Waals surface area (Å²) in [5.74, 6) is -0.193. The maximum Gasteiger partial charge on any atom is 0.257 e. The molecule has 0 bridgehead atoms. The van der Waals surface area contributed by atoms with Crippen LogP contribution in [0.2, 0.25) is 0 Å². The van der Waals surface area contributed by atoms with Crippen LogP contribution in [0.1, 0.15) is 27.2 Å². The molecule has 1 aliphatic rings. The fraction of sp³-hybridized carbons (Fsp3) is 0.0833. The Bertz CT molecular complexity index is 1170. The summed E-state index contributed by atoms with van der Waals surface area (Å²) in [4.78, 5) is 19.4. The summed E-state index contributed by atoms with van der Waals surface area (Å²) < 4.78 is 0. The molecule has 2 heterocycles. The standard InChI is InChI=1S/C24H18N2O2S/c27-23-20-13-7-8-14-21(20)24(28,18-11-5-2-6-12-18)26(23)15-19-16-29-22(25-19)17-9-3-1-4-10-17/h1-14,16,28H,15H2. The Morgan fingerprint density at radius 2 is 1.55 bits per heavy atom. The molecule has 142 valence electrons. The van der Waals surface area contributed by atoms with Gasteiger partial charge in [-0.05, 0) is 6.07 Å². The van der Waals surface area contributed by atoms with Crippen molar-refractivity contribution in [2.75, 3.05) is 0 Å². The van der Waals surface area contributed by atoms with Crippen LogP contribution in [-0.2, 0) is 12.3 Å². The number of rotatable bonds is 4. The van der Waals surface area contributed by atoms with Crippen molar-refractivity contribution in [3.05, 3.63) is 113 Å². The highest BCUT2D eigenvalue weighted by Gasteiger charge is 2.49. The van der Waals surface area contributed by atoms with E-state index in [-0.39, 0.29) is 12.5 Å². The number of hydrogen-bond donors (Lipinski definition) is 1. The van der Waals surface area contributed by atoms with Crippen LogP contribution in [0.4, 0.5) is 0 Å². The number of carbonyl (C=O) groups is 1. The number of aromatic nitrogens is 1. The fourth-order valence-electron chi connectivity index (χ4n) is 3.83. The molecule has 1 unspecified atom stereocenters. The second-order valence-electron chi connectivity index (χ2n) is 6.99. The van der Waals surface area contributed by atoms with Crippen LogP contribution < -0.4 is 0 Å². The molecule has 1 aromatic heterocycles. The summed E-state index contributed by atoms with van der Waals surface area (Å²) in [5.41, 5.74) is 2.07. The number of fused-ring (bicyclic) bond motifs is 1. The zero-order valence-corrected chi connectivity index (χ0v) is 16.3. The molecule has 0 saturated heterocycles. The van der Waals surface area contributed by atoms with Crippen molar-refractivity contribution in [2.24, 2.45) is 0 Å². The minimum absolute atomic E-state index is 0.193. The molecule has 29 heavy (non-hydrogen) atoms. The molecule has 3 aromatic carbocycles. The lowest BCUT2D eigenvalue weighted by Crippen LogP contribution is -2.44. The Labute approximate surface area is 172 Å². The van der Waals surface area contributed by atoms with Crippen LogP contribution in [0.25, 0.3) is 10.6 Å². The molecule has 4 aromatic rings. The van der Waals surface area contributed by atoms with Crippen LogP contribution in [-0.4, -0.2) is 20.9 Å². The Morgan fingerprint density at radius 1 is 0.897 bits per heavy atom. The summed E-state index contributed by atoms with van der Waals surface area (Å²) in [5, 5.41) is 14.7. The van der Waals surface area contributed by atoms with E-state index in [0.717, 1.165) is 16.3 Å². The maximum atomic E-state index is 13.2. The van der Waals surface area contributed by atoms with Crippen molar-refractivity contribution >= 4 is 17.2 Å². The third-order valence-corrected chi connectivity index (χ3v) is 6.18. The molecule has 1 N–H and O–H groups in total. The average molecular weight is 398 g/mol. The summed E-state index contributed by atoms with van der Waals surface area (Å²) in [6, 6.07) is 26.5. The first-order chi connectivity index (χ1) is 14.2. The molecule has 5 heteroatoms. The average Bonchev–Trinajstić information content (AvgIpc) is 3.34. The van der Waals surface area contributed by atoms with Gasteiger partial charge in [-0.15, -0.1) is 11.3 Å². The van der Waals surface area contributed by atoms with Crippen molar-refractivity contribution in [2.45, 2.75) is 12.3 Å². The Morgan fingerprint density at radius 3 is 2.31 bits per heavy atom. The van der Waals surface area contributed by atoms with E-state index in [2.05, 4.69) is 0 Å². The molecular weight excluding hydrogens is 380 g/mol. The lowest BCUT2D eigenvalue weighted by Gasteiger charge is -2.34. The summed E-state index contributed by atoms with van der Waals surface area (Å²) >= 11 is 1.54. The first-order valence-corrected chi connectivity index (χ1v) is 10.2. The second-order valence-corrected chi connectivity index (χ2v) is 7.84. The molecule has 0 aliphatic carbocycles. The molecule has 5 rings (SSSR count). The van der Waals surface area contributed by atoms with E-state index in [1.807, 2.05) is 84.2 Å². The van der Waals surface area contributed by atoms with Gasteiger partial charge in [0.2, 0.25) is 0 Å². The monoisotopic (exact) mass is 398 g/mol. The van der Waals surface area contributed by atoms with Crippen molar-refractivity contribution in [3.63, 3.8) is 0 Å². The van der Waals surface area contributed by atoms with Gasteiger partial charge in [0.05, 0.1) is 12.2 Å². The van der Waals surface area contributed by atoms with E-state index in [4.69, 9.17) is 4.98 Å². The number of benzene rings is 3. The fourth-order valence-corrected chi connectivity index (χ4v) is 4.65. The molecule has 1 amide bonds. The molecule has 1 atom stereocenters. The van der Waals surface area contributed by atoms with Crippen LogP contribution in [0.15, 0.2) is 90.3 Å². The van der Waals surface area contributed by atoms with E-state index in [1.165, 1.54) is 16.2 Å². The van der Waals surface area contributed by atoms with Gasteiger partial charge in [0.1, 0.15) is 5.01 Å². The van der Waals surface area contributed by atoms with E-state index >= 15 is 0 Å². The van der Waals surface area contributed by atoms with Gasteiger partial charge in [-0.25, -0.2) is 4.98 Å². The third kappa shape index (κ3) is 2.87. The van der Waals surface area contributed by atoms with Gasteiger partial charge in [0.25, 0.3) is 5.91 Å². The Kier molecular flexibility index (Phi) is 4.27. The normalized spacial score (nSPS) is 18.1. The van der Waals surface area contributed by atoms with Gasteiger partial charge in [0.15, 0.2) is 5.72 Å². The zero-order valence-electron chi connectivity index (χ0n) is 15.5. The number of carbonyl (C=O) groups excluding carboxylic acids is 1. The minimum atomic E-state index is -1.52. The first kappa shape index (κ1) is 17.8. The predicted octanol–water partition coefficient (Wildman–Crippen LogP) is 4.66. The SMILES string of the molecule is O=C1c2ccccc2C(O)(c2ccccc2)N1Cc1csc(-c2ccccc2)n1. The van der Waals surface area contributed by atoms with E-state index < -0.39 is 5.72 Å². The van der Waals surface area contributed by atoms with E-state index in [1.54, 1.807) is 6.07 Å². The number of hydrogen-bond acceptors (Lipinski definition) is 4. The smallest absolute Gasteiger partial charge is 0.257 e. The lowest BCUT2D eigenvalue weighted by molar-refractivity contribution is -0.0547. The Balaban J connectivity index is 1.56. The van der Waals surface area contributed by atoms with Gasteiger partial charge in [-0.3, -0.25) is 9.69 Å². The van der Waals surface area contributed by atoms with Gasteiger partial charge in [0, 0.05) is 27.6 Å². The third-order valence-electron chi connectivity index (χ3n) is 5.24. The molecular formula is C24H18N2O2S. The van der Waals surface area contributed by atoms with Crippen LogP contribution in [0.5, 0.6) is 0 Å². The van der Waals surface area contributed by atoms with Gasteiger partial charge in [-0.1, -0.05) is 78.9 Å². The van der Waals surface area contributed by atoms with Crippen LogP contribution in [0, 0.1) is 0 Å². The molecule has 0 spiro atoms. The maximum absolute atomic E-state index is 13.2. The highest BCUT2D eigenvalue weighted by Crippen LogP contribution is 2.43. The molecule has 4 nitrogen and oxygen atoms in total. The largest absolute Gasteiger partial charge is 0.363 e. The van der Waals surface area contributed by atoms with E-state index in [0.29, 0.717) is 16.7 Å². The highest BCUT2D eigenvalue weighted by molar-refractivity contribution is 7.13. The van der Waals surface area contributed by atoms with Gasteiger partial charge >= 0.3 is 0 Å². The number of aliphatic hydroxyl groups is 1. The van der Waals surface area contributed by atoms with Crippen LogP contribution in [0.3, 0.4) is 0 Å². The summed E-state index contributed by atoms with van der Waals surface area (Å²) in [7, 11) is 0. The molecule has 0 saturated carbocycles. The van der Waals surface area contributed by atoms with Gasteiger partial charge in [-0.2, -0.15) is 0 Å². The van der Waals surface area contributed by atoms with Crippen molar-refractivity contribution in [1.29, 1.82) is 0 Å². The zero-order chi connectivity index (χ0) is 19.8. The predicted molar refractivity (Wildman–Crippen MR) is 113 cm³/mol. The topological polar surface area (TPSA) is 53.4 Å². The van der Waals surface area contributed by atoms with Crippen molar-refractivity contribution < 1.29 is 9.90 Å². The number of thiazole rings is 1. The second kappa shape index (κ2) is 6.95. The van der Waals surface area contributed by atoms with Crippen LogP contribution >= 0.6 is 11.3 Å². The van der Waals surface area contributed by atoms with E-state index in [9.17, 15) is 9.90 Å². The summed E-state index contributed by atoms with van der Waals surface area (Å²) in [6.07, 6.45) is 0. The molecule has 0 radical (unpaired) electrons. The van der Waals surface area contributed by atoms with Crippen molar-refractivity contribution in [3.8, 4) is 10.6 Å². The minimum Gasteiger partial charge on any atom is -0.363 e. The first-order valence-electron chi connectivity index (χ1n) is 9.37. The lowest BCUT2D eigenvalue weighted by atomic mass is 9.94. The molecule has 0 fully saturated rings. The van der Waals surface area contributed by atoms with Gasteiger partial charge < -0.3 is 5.11 Å². The number of nitrogens with zero attached hydrogens (tertiary/aromatic N) is 2.